The van der Waals surface area contributed by atoms with Crippen molar-refractivity contribution in [3.63, 3.8) is 0 Å². The maximum Gasteiger partial charge on any atom is 0.333 e. The van der Waals surface area contributed by atoms with E-state index in [0.29, 0.717) is 10.2 Å². The van der Waals surface area contributed by atoms with Crippen molar-refractivity contribution >= 4 is 5.69 Å². The number of hydrogen-bond acceptors (Lipinski definition) is 6. The molecule has 112 valence electrons. The lowest BCUT2D eigenvalue weighted by Crippen LogP contribution is -2.02. The van der Waals surface area contributed by atoms with Crippen molar-refractivity contribution in [2.45, 2.75) is 6.55 Å². The third-order valence-electron chi connectivity index (χ3n) is 2.84. The Balaban J connectivity index is 1.93. The molecular weight excluding hydrogens is 300 g/mol. The average Bonchev–Trinajstić information content (AvgIpc) is 3.16. The molecule has 3 aromatic rings. The van der Waals surface area contributed by atoms with Crippen molar-refractivity contribution < 1.29 is 18.2 Å². The summed E-state index contributed by atoms with van der Waals surface area (Å²) >= 11 is 0. The van der Waals surface area contributed by atoms with Crippen LogP contribution in [0.3, 0.4) is 0 Å². The minimum atomic E-state index is -2.83. The zero-order valence-corrected chi connectivity index (χ0v) is 10.8. The molecule has 0 N–H and O–H groups in total. The number of benzene rings is 1. The number of hydrogen-bond donors (Lipinski definition) is 0. The summed E-state index contributed by atoms with van der Waals surface area (Å²) < 4.78 is 30.9. The van der Waals surface area contributed by atoms with Gasteiger partial charge in [-0.2, -0.15) is 23.5 Å². The molecule has 0 amide bonds. The number of alkyl halides is 2. The first-order valence-electron chi connectivity index (χ1n) is 5.97. The number of aromatic nitrogens is 4. The lowest BCUT2D eigenvalue weighted by molar-refractivity contribution is -0.384. The molecule has 0 radical (unpaired) electrons. The lowest BCUT2D eigenvalue weighted by atomic mass is 10.2. The molecule has 0 fully saturated rings. The summed E-state index contributed by atoms with van der Waals surface area (Å²) in [6.07, 6.45) is 1.19. The Morgan fingerprint density at radius 1 is 1.23 bits per heavy atom. The normalized spacial score (nSPS) is 11.0. The van der Waals surface area contributed by atoms with E-state index in [1.54, 1.807) is 0 Å². The Morgan fingerprint density at radius 3 is 2.59 bits per heavy atom. The van der Waals surface area contributed by atoms with E-state index in [4.69, 9.17) is 4.52 Å². The van der Waals surface area contributed by atoms with Crippen LogP contribution in [0.5, 0.6) is 0 Å². The third kappa shape index (κ3) is 2.41. The molecule has 0 saturated carbocycles. The van der Waals surface area contributed by atoms with Crippen LogP contribution in [0, 0.1) is 10.1 Å². The van der Waals surface area contributed by atoms with Gasteiger partial charge in [0.05, 0.1) is 4.92 Å². The topological polar surface area (TPSA) is 99.9 Å². The fraction of sp³-hybridized carbons (Fsp3) is 0.0833. The smallest absolute Gasteiger partial charge is 0.332 e. The molecule has 10 heteroatoms. The average molecular weight is 307 g/mol. The van der Waals surface area contributed by atoms with Crippen LogP contribution in [0.2, 0.25) is 0 Å². The van der Waals surface area contributed by atoms with Gasteiger partial charge in [0.2, 0.25) is 5.82 Å². The summed E-state index contributed by atoms with van der Waals surface area (Å²) in [5, 5.41) is 17.7. The maximum absolute atomic E-state index is 12.7. The minimum absolute atomic E-state index is 0.0179. The van der Waals surface area contributed by atoms with Crippen molar-refractivity contribution in [2.24, 2.45) is 0 Å². The first-order valence-corrected chi connectivity index (χ1v) is 5.97. The molecule has 0 aliphatic carbocycles. The van der Waals surface area contributed by atoms with Gasteiger partial charge in [-0.15, -0.1) is 0 Å². The molecule has 3 rings (SSSR count). The first kappa shape index (κ1) is 13.8. The van der Waals surface area contributed by atoms with Crippen molar-refractivity contribution in [1.82, 2.24) is 19.9 Å². The van der Waals surface area contributed by atoms with Gasteiger partial charge in [-0.05, 0) is 18.2 Å². The molecule has 0 spiro atoms. The van der Waals surface area contributed by atoms with Crippen LogP contribution in [0.15, 0.2) is 41.1 Å². The van der Waals surface area contributed by atoms with Crippen LogP contribution in [0.4, 0.5) is 14.5 Å². The molecule has 0 saturated heterocycles. The van der Waals surface area contributed by atoms with Gasteiger partial charge in [0.25, 0.3) is 11.6 Å². The van der Waals surface area contributed by atoms with Gasteiger partial charge in [-0.1, -0.05) is 5.16 Å². The Kier molecular flexibility index (Phi) is 3.33. The summed E-state index contributed by atoms with van der Waals surface area (Å²) in [5.41, 5.74) is 0.364. The number of non-ortho nitro benzene ring substituents is 1. The Labute approximate surface area is 121 Å². The van der Waals surface area contributed by atoms with Crippen LogP contribution < -0.4 is 0 Å². The van der Waals surface area contributed by atoms with Crippen LogP contribution in [-0.4, -0.2) is 24.8 Å². The highest BCUT2D eigenvalue weighted by Gasteiger charge is 2.19. The minimum Gasteiger partial charge on any atom is -0.332 e. The first-order chi connectivity index (χ1) is 10.6. The molecule has 0 unspecified atom stereocenters. The largest absolute Gasteiger partial charge is 0.333 e. The van der Waals surface area contributed by atoms with Gasteiger partial charge in [0.1, 0.15) is 5.69 Å². The van der Waals surface area contributed by atoms with E-state index in [1.807, 2.05) is 0 Å². The van der Waals surface area contributed by atoms with Gasteiger partial charge in [0.15, 0.2) is 0 Å². The number of nitrogens with zero attached hydrogens (tertiary/aromatic N) is 5. The highest BCUT2D eigenvalue weighted by Crippen LogP contribution is 2.25. The maximum atomic E-state index is 12.7. The van der Waals surface area contributed by atoms with E-state index in [2.05, 4.69) is 15.2 Å². The molecule has 0 aliphatic heterocycles. The Hall–Kier alpha value is -3.17. The molecule has 22 heavy (non-hydrogen) atoms. The number of halogens is 2. The second-order valence-electron chi connectivity index (χ2n) is 4.17. The van der Waals surface area contributed by atoms with Crippen LogP contribution >= 0.6 is 0 Å². The standard InChI is InChI=1S/C12H7F2N5O3/c13-12(14)18-9(5-6-15-18)11-16-10(17-22-11)7-1-3-8(4-2-7)19(20)21/h1-6,12H. The van der Waals surface area contributed by atoms with Crippen LogP contribution in [0.1, 0.15) is 6.55 Å². The van der Waals surface area contributed by atoms with Crippen molar-refractivity contribution in [1.29, 1.82) is 0 Å². The summed E-state index contributed by atoms with van der Waals surface area (Å²) in [6, 6.07) is 6.77. The molecular formula is C12H7F2N5O3. The van der Waals surface area contributed by atoms with Gasteiger partial charge < -0.3 is 4.52 Å². The summed E-state index contributed by atoms with van der Waals surface area (Å²) in [4.78, 5) is 14.0. The van der Waals surface area contributed by atoms with Gasteiger partial charge in [-0.25, -0.2) is 0 Å². The molecule has 0 atom stereocenters. The van der Waals surface area contributed by atoms with E-state index in [0.717, 1.165) is 0 Å². The fourth-order valence-corrected chi connectivity index (χ4v) is 1.82. The van der Waals surface area contributed by atoms with Crippen LogP contribution in [0.25, 0.3) is 23.0 Å². The predicted octanol–water partition coefficient (Wildman–Crippen LogP) is 2.90. The van der Waals surface area contributed by atoms with Gasteiger partial charge >= 0.3 is 6.55 Å². The van der Waals surface area contributed by atoms with E-state index < -0.39 is 11.5 Å². The third-order valence-corrected chi connectivity index (χ3v) is 2.84. The van der Waals surface area contributed by atoms with Gasteiger partial charge in [0, 0.05) is 23.9 Å². The molecule has 1 aromatic carbocycles. The highest BCUT2D eigenvalue weighted by molar-refractivity contribution is 5.59. The second kappa shape index (κ2) is 5.31. The summed E-state index contributed by atoms with van der Waals surface area (Å²) in [6.45, 7) is -2.83. The monoisotopic (exact) mass is 307 g/mol. The zero-order valence-electron chi connectivity index (χ0n) is 10.8. The van der Waals surface area contributed by atoms with Gasteiger partial charge in [-0.3, -0.25) is 10.1 Å². The lowest BCUT2D eigenvalue weighted by Gasteiger charge is -2.00. The number of nitro groups is 1. The predicted molar refractivity (Wildman–Crippen MR) is 68.9 cm³/mol. The second-order valence-corrected chi connectivity index (χ2v) is 4.17. The highest BCUT2D eigenvalue weighted by atomic mass is 19.3. The molecule has 2 aromatic heterocycles. The van der Waals surface area contributed by atoms with Crippen molar-refractivity contribution in [2.75, 3.05) is 0 Å². The SMILES string of the molecule is O=[N+]([O-])c1ccc(-c2noc(-c3ccnn3C(F)F)n2)cc1. The Bertz CT molecular complexity index is 812. The number of rotatable bonds is 4. The summed E-state index contributed by atoms with van der Waals surface area (Å²) in [7, 11) is 0. The van der Waals surface area contributed by atoms with Crippen molar-refractivity contribution in [3.8, 4) is 23.0 Å². The molecule has 8 nitrogen and oxygen atoms in total. The van der Waals surface area contributed by atoms with E-state index in [9.17, 15) is 18.9 Å². The number of nitro benzene ring substituents is 1. The molecule has 0 aliphatic rings. The molecule has 0 bridgehead atoms. The quantitative estimate of drug-likeness (QED) is 0.542. The fourth-order valence-electron chi connectivity index (χ4n) is 1.82. The van der Waals surface area contributed by atoms with E-state index >= 15 is 0 Å². The van der Waals surface area contributed by atoms with E-state index in [-0.39, 0.29) is 23.1 Å². The summed E-state index contributed by atoms with van der Waals surface area (Å²) in [5.74, 6) is 0.0121. The zero-order chi connectivity index (χ0) is 15.7. The van der Waals surface area contributed by atoms with Crippen molar-refractivity contribution in [3.05, 3.63) is 46.6 Å². The molecule has 2 heterocycles. The Morgan fingerprint density at radius 2 is 1.95 bits per heavy atom. The van der Waals surface area contributed by atoms with E-state index in [1.165, 1.54) is 36.5 Å². The van der Waals surface area contributed by atoms with Crippen LogP contribution in [-0.2, 0) is 0 Å².